The Morgan fingerprint density at radius 1 is 1.44 bits per heavy atom. The minimum atomic E-state index is -0.209. The quantitative estimate of drug-likeness (QED) is 0.591. The molecule has 0 aliphatic heterocycles. The summed E-state index contributed by atoms with van der Waals surface area (Å²) in [7, 11) is 0. The number of amides is 1. The molecule has 0 unspecified atom stereocenters. The van der Waals surface area contributed by atoms with Crippen LogP contribution in [-0.2, 0) is 4.74 Å². The normalized spacial score (nSPS) is 10.3. The van der Waals surface area contributed by atoms with E-state index in [9.17, 15) is 4.79 Å². The molecule has 0 radical (unpaired) electrons. The molecule has 0 saturated carbocycles. The second-order valence-electron chi connectivity index (χ2n) is 3.96. The van der Waals surface area contributed by atoms with E-state index in [0.29, 0.717) is 29.4 Å². The van der Waals surface area contributed by atoms with Crippen LogP contribution >= 0.6 is 11.6 Å². The number of nitrogen functional groups attached to an aromatic ring is 1. The Bertz CT molecular complexity index is 397. The standard InChI is InChI=1S/C13H19ClN2O2/c1-2-3-7-18-8-6-16-13(17)11-5-4-10(15)9-12(11)14/h4-5,9H,2-3,6-8,15H2,1H3,(H,16,17). The highest BCUT2D eigenvalue weighted by molar-refractivity contribution is 6.34. The van der Waals surface area contributed by atoms with Gasteiger partial charge in [0.2, 0.25) is 0 Å². The Morgan fingerprint density at radius 3 is 2.89 bits per heavy atom. The Labute approximate surface area is 112 Å². The predicted molar refractivity (Wildman–Crippen MR) is 73.9 cm³/mol. The topological polar surface area (TPSA) is 64.3 Å². The average molecular weight is 271 g/mol. The summed E-state index contributed by atoms with van der Waals surface area (Å²) in [5.41, 5.74) is 6.53. The maximum Gasteiger partial charge on any atom is 0.252 e. The van der Waals surface area contributed by atoms with E-state index in [1.165, 1.54) is 0 Å². The average Bonchev–Trinajstić information content (AvgIpc) is 2.33. The number of unbranched alkanes of at least 4 members (excludes halogenated alkanes) is 1. The zero-order chi connectivity index (χ0) is 13.4. The van der Waals surface area contributed by atoms with Gasteiger partial charge in [0.25, 0.3) is 5.91 Å². The van der Waals surface area contributed by atoms with E-state index in [1.54, 1.807) is 18.2 Å². The van der Waals surface area contributed by atoms with Crippen molar-refractivity contribution < 1.29 is 9.53 Å². The van der Waals surface area contributed by atoms with Crippen LogP contribution in [0.3, 0.4) is 0 Å². The molecule has 4 nitrogen and oxygen atoms in total. The largest absolute Gasteiger partial charge is 0.399 e. The molecule has 100 valence electrons. The summed E-state index contributed by atoms with van der Waals surface area (Å²) < 4.78 is 5.34. The zero-order valence-corrected chi connectivity index (χ0v) is 11.3. The third-order valence-corrected chi connectivity index (χ3v) is 2.72. The van der Waals surface area contributed by atoms with E-state index in [1.807, 2.05) is 0 Å². The van der Waals surface area contributed by atoms with Gasteiger partial charge in [-0.25, -0.2) is 0 Å². The molecule has 0 heterocycles. The van der Waals surface area contributed by atoms with Gasteiger partial charge in [0.1, 0.15) is 0 Å². The number of carbonyl (C=O) groups is 1. The maximum absolute atomic E-state index is 11.8. The number of hydrogen-bond donors (Lipinski definition) is 2. The number of hydrogen-bond acceptors (Lipinski definition) is 3. The molecule has 0 aromatic heterocycles. The number of carbonyl (C=O) groups excluding carboxylic acids is 1. The third kappa shape index (κ3) is 4.94. The summed E-state index contributed by atoms with van der Waals surface area (Å²) in [4.78, 5) is 11.8. The highest BCUT2D eigenvalue weighted by atomic mass is 35.5. The van der Waals surface area contributed by atoms with Gasteiger partial charge in [-0.05, 0) is 24.6 Å². The van der Waals surface area contributed by atoms with E-state index in [0.717, 1.165) is 19.4 Å². The van der Waals surface area contributed by atoms with Crippen molar-refractivity contribution in [3.63, 3.8) is 0 Å². The van der Waals surface area contributed by atoms with E-state index >= 15 is 0 Å². The lowest BCUT2D eigenvalue weighted by Gasteiger charge is -2.07. The van der Waals surface area contributed by atoms with Crippen molar-refractivity contribution in [3.8, 4) is 0 Å². The van der Waals surface area contributed by atoms with Crippen molar-refractivity contribution in [2.75, 3.05) is 25.5 Å². The number of rotatable bonds is 7. The summed E-state index contributed by atoms with van der Waals surface area (Å²) in [6.07, 6.45) is 2.14. The van der Waals surface area contributed by atoms with Crippen LogP contribution in [0.5, 0.6) is 0 Å². The van der Waals surface area contributed by atoms with E-state index in [4.69, 9.17) is 22.1 Å². The SMILES string of the molecule is CCCCOCCNC(=O)c1ccc(N)cc1Cl. The molecule has 1 aromatic rings. The van der Waals surface area contributed by atoms with Crippen molar-refractivity contribution in [1.82, 2.24) is 5.32 Å². The van der Waals surface area contributed by atoms with Crippen LogP contribution < -0.4 is 11.1 Å². The lowest BCUT2D eigenvalue weighted by atomic mass is 10.2. The first-order valence-electron chi connectivity index (χ1n) is 6.06. The summed E-state index contributed by atoms with van der Waals surface area (Å²) >= 11 is 5.93. The molecule has 0 spiro atoms. The Hall–Kier alpha value is -1.26. The fraction of sp³-hybridized carbons (Fsp3) is 0.462. The third-order valence-electron chi connectivity index (χ3n) is 2.41. The fourth-order valence-corrected chi connectivity index (χ4v) is 1.67. The van der Waals surface area contributed by atoms with Gasteiger partial charge in [0.05, 0.1) is 17.2 Å². The molecule has 1 amide bonds. The van der Waals surface area contributed by atoms with Gasteiger partial charge in [-0.1, -0.05) is 24.9 Å². The maximum atomic E-state index is 11.8. The number of anilines is 1. The van der Waals surface area contributed by atoms with Gasteiger partial charge in [0.15, 0.2) is 0 Å². The van der Waals surface area contributed by atoms with Crippen molar-refractivity contribution >= 4 is 23.2 Å². The van der Waals surface area contributed by atoms with Gasteiger partial charge in [-0.15, -0.1) is 0 Å². The van der Waals surface area contributed by atoms with Gasteiger partial charge < -0.3 is 15.8 Å². The van der Waals surface area contributed by atoms with Crippen LogP contribution in [-0.4, -0.2) is 25.7 Å². The summed E-state index contributed by atoms with van der Waals surface area (Å²) in [6, 6.07) is 4.83. The molecule has 1 aromatic carbocycles. The molecule has 0 aliphatic carbocycles. The van der Waals surface area contributed by atoms with E-state index in [-0.39, 0.29) is 5.91 Å². The fourth-order valence-electron chi connectivity index (χ4n) is 1.40. The van der Waals surface area contributed by atoms with Crippen LogP contribution in [0.1, 0.15) is 30.1 Å². The van der Waals surface area contributed by atoms with Gasteiger partial charge in [-0.2, -0.15) is 0 Å². The summed E-state index contributed by atoms with van der Waals surface area (Å²) in [5.74, 6) is -0.209. The van der Waals surface area contributed by atoms with Crippen LogP contribution in [0.25, 0.3) is 0 Å². The first kappa shape index (κ1) is 14.8. The van der Waals surface area contributed by atoms with Gasteiger partial charge in [-0.3, -0.25) is 4.79 Å². The first-order chi connectivity index (χ1) is 8.65. The predicted octanol–water partition coefficient (Wildman–Crippen LogP) is 2.47. The number of nitrogens with one attached hydrogen (secondary N) is 1. The van der Waals surface area contributed by atoms with Crippen molar-refractivity contribution in [3.05, 3.63) is 28.8 Å². The van der Waals surface area contributed by atoms with Crippen molar-refractivity contribution in [2.45, 2.75) is 19.8 Å². The Morgan fingerprint density at radius 2 is 2.22 bits per heavy atom. The molecule has 0 aliphatic rings. The minimum absolute atomic E-state index is 0.209. The molecule has 1 rings (SSSR count). The molecule has 0 fully saturated rings. The van der Waals surface area contributed by atoms with Gasteiger partial charge in [0, 0.05) is 18.8 Å². The second kappa shape index (κ2) is 7.95. The van der Waals surface area contributed by atoms with E-state index in [2.05, 4.69) is 12.2 Å². The zero-order valence-electron chi connectivity index (χ0n) is 10.5. The molecule has 0 bridgehead atoms. The van der Waals surface area contributed by atoms with Crippen molar-refractivity contribution in [1.29, 1.82) is 0 Å². The monoisotopic (exact) mass is 270 g/mol. The highest BCUT2D eigenvalue weighted by Gasteiger charge is 2.09. The molecular weight excluding hydrogens is 252 g/mol. The minimum Gasteiger partial charge on any atom is -0.399 e. The van der Waals surface area contributed by atoms with E-state index < -0.39 is 0 Å². The number of benzene rings is 1. The summed E-state index contributed by atoms with van der Waals surface area (Å²) in [6.45, 7) is 3.82. The second-order valence-corrected chi connectivity index (χ2v) is 4.37. The van der Waals surface area contributed by atoms with Crippen LogP contribution in [0.2, 0.25) is 5.02 Å². The first-order valence-corrected chi connectivity index (χ1v) is 6.44. The number of nitrogens with two attached hydrogens (primary N) is 1. The number of ether oxygens (including phenoxy) is 1. The summed E-state index contributed by atoms with van der Waals surface area (Å²) in [5, 5.41) is 3.11. The molecule has 5 heteroatoms. The van der Waals surface area contributed by atoms with Crippen LogP contribution in [0.4, 0.5) is 5.69 Å². The smallest absolute Gasteiger partial charge is 0.252 e. The lowest BCUT2D eigenvalue weighted by Crippen LogP contribution is -2.27. The Balaban J connectivity index is 2.32. The molecular formula is C13H19ClN2O2. The molecule has 18 heavy (non-hydrogen) atoms. The highest BCUT2D eigenvalue weighted by Crippen LogP contribution is 2.18. The lowest BCUT2D eigenvalue weighted by molar-refractivity contribution is 0.0913. The molecule has 0 saturated heterocycles. The van der Waals surface area contributed by atoms with Crippen LogP contribution in [0, 0.1) is 0 Å². The van der Waals surface area contributed by atoms with Crippen molar-refractivity contribution in [2.24, 2.45) is 0 Å². The molecule has 3 N–H and O–H groups in total. The Kier molecular flexibility index (Phi) is 6.54. The van der Waals surface area contributed by atoms with Crippen LogP contribution in [0.15, 0.2) is 18.2 Å². The molecule has 0 atom stereocenters. The number of halogens is 1. The van der Waals surface area contributed by atoms with Gasteiger partial charge >= 0.3 is 0 Å².